The van der Waals surface area contributed by atoms with E-state index in [0.29, 0.717) is 6.42 Å². The van der Waals surface area contributed by atoms with Crippen molar-refractivity contribution in [2.24, 2.45) is 0 Å². The Kier molecular flexibility index (Phi) is 10.5. The van der Waals surface area contributed by atoms with Crippen molar-refractivity contribution in [2.45, 2.75) is 65.3 Å². The summed E-state index contributed by atoms with van der Waals surface area (Å²) in [6.45, 7) is 7.84. The maximum atomic E-state index is 11.3. The molecular formula is C13H27NO2. The Morgan fingerprint density at radius 1 is 1.12 bits per heavy atom. The molecule has 3 heteroatoms. The Bertz CT molecular complexity index is 169. The van der Waals surface area contributed by atoms with Crippen LogP contribution in [0.5, 0.6) is 0 Å². The lowest BCUT2D eigenvalue weighted by Crippen LogP contribution is -2.29. The number of hydrogen-bond acceptors (Lipinski definition) is 2. The third-order valence-corrected chi connectivity index (χ3v) is 2.24. The van der Waals surface area contributed by atoms with Crippen molar-refractivity contribution >= 4 is 5.91 Å². The van der Waals surface area contributed by atoms with Crippen LogP contribution in [-0.2, 0) is 9.53 Å². The van der Waals surface area contributed by atoms with E-state index >= 15 is 0 Å². The molecule has 0 aliphatic rings. The van der Waals surface area contributed by atoms with E-state index in [9.17, 15) is 4.79 Å². The van der Waals surface area contributed by atoms with Crippen molar-refractivity contribution in [3.05, 3.63) is 0 Å². The largest absolute Gasteiger partial charge is 0.381 e. The zero-order valence-corrected chi connectivity index (χ0v) is 11.1. The summed E-state index contributed by atoms with van der Waals surface area (Å²) < 4.78 is 5.38. The Morgan fingerprint density at radius 3 is 2.44 bits per heavy atom. The summed E-state index contributed by atoms with van der Waals surface area (Å²) in [5, 5.41) is 2.90. The molecule has 0 aromatic rings. The average molecular weight is 229 g/mol. The zero-order valence-electron chi connectivity index (χ0n) is 11.1. The van der Waals surface area contributed by atoms with E-state index in [1.54, 1.807) is 0 Å². The van der Waals surface area contributed by atoms with Crippen molar-refractivity contribution in [1.82, 2.24) is 5.32 Å². The van der Waals surface area contributed by atoms with Gasteiger partial charge in [-0.05, 0) is 33.1 Å². The van der Waals surface area contributed by atoms with E-state index in [-0.39, 0.29) is 11.9 Å². The number of nitrogens with one attached hydrogen (secondary N) is 1. The van der Waals surface area contributed by atoms with Crippen LogP contribution in [0.2, 0.25) is 0 Å². The van der Waals surface area contributed by atoms with Crippen molar-refractivity contribution in [3.63, 3.8) is 0 Å². The molecule has 0 spiro atoms. The topological polar surface area (TPSA) is 38.3 Å². The van der Waals surface area contributed by atoms with Gasteiger partial charge in [-0.15, -0.1) is 0 Å². The van der Waals surface area contributed by atoms with Gasteiger partial charge in [0.25, 0.3) is 0 Å². The molecule has 0 bridgehead atoms. The first kappa shape index (κ1) is 15.4. The summed E-state index contributed by atoms with van der Waals surface area (Å²) in [7, 11) is 0. The number of carbonyl (C=O) groups excluding carboxylic acids is 1. The highest BCUT2D eigenvalue weighted by Crippen LogP contribution is 2.03. The van der Waals surface area contributed by atoms with Crippen LogP contribution in [0.25, 0.3) is 0 Å². The molecule has 16 heavy (non-hydrogen) atoms. The predicted molar refractivity (Wildman–Crippen MR) is 67.5 cm³/mol. The standard InChI is InChI=1S/C13H27NO2/c1-4-10-16-11-8-6-5-7-9-13(15)14-12(2)3/h12H,4-11H2,1-3H3,(H,14,15). The summed E-state index contributed by atoms with van der Waals surface area (Å²) >= 11 is 0. The lowest BCUT2D eigenvalue weighted by Gasteiger charge is -2.07. The first-order valence-corrected chi connectivity index (χ1v) is 6.54. The molecule has 0 aliphatic carbocycles. The van der Waals surface area contributed by atoms with Crippen molar-refractivity contribution in [2.75, 3.05) is 13.2 Å². The van der Waals surface area contributed by atoms with Crippen LogP contribution < -0.4 is 5.32 Å². The van der Waals surface area contributed by atoms with Crippen molar-refractivity contribution < 1.29 is 9.53 Å². The summed E-state index contributed by atoms with van der Waals surface area (Å²) in [6.07, 6.45) is 6.15. The summed E-state index contributed by atoms with van der Waals surface area (Å²) in [5.41, 5.74) is 0. The minimum atomic E-state index is 0.178. The fourth-order valence-electron chi connectivity index (χ4n) is 1.48. The molecule has 3 nitrogen and oxygen atoms in total. The number of unbranched alkanes of at least 4 members (excludes halogenated alkanes) is 3. The van der Waals surface area contributed by atoms with Gasteiger partial charge in [0.05, 0.1) is 0 Å². The van der Waals surface area contributed by atoms with Gasteiger partial charge in [0.15, 0.2) is 0 Å². The Morgan fingerprint density at radius 2 is 1.81 bits per heavy atom. The molecule has 0 saturated carbocycles. The van der Waals surface area contributed by atoms with Gasteiger partial charge in [-0.2, -0.15) is 0 Å². The number of amides is 1. The van der Waals surface area contributed by atoms with Gasteiger partial charge in [0.2, 0.25) is 5.91 Å². The molecule has 0 unspecified atom stereocenters. The average Bonchev–Trinajstić information content (AvgIpc) is 2.21. The number of hydrogen-bond donors (Lipinski definition) is 1. The van der Waals surface area contributed by atoms with Gasteiger partial charge < -0.3 is 10.1 Å². The van der Waals surface area contributed by atoms with Gasteiger partial charge in [-0.25, -0.2) is 0 Å². The molecule has 1 amide bonds. The molecule has 0 atom stereocenters. The van der Waals surface area contributed by atoms with Crippen LogP contribution in [0.15, 0.2) is 0 Å². The van der Waals surface area contributed by atoms with Gasteiger partial charge in [-0.1, -0.05) is 19.8 Å². The molecule has 0 rings (SSSR count). The normalized spacial score (nSPS) is 10.8. The second kappa shape index (κ2) is 10.9. The van der Waals surface area contributed by atoms with E-state index in [1.165, 1.54) is 6.42 Å². The molecule has 96 valence electrons. The van der Waals surface area contributed by atoms with Gasteiger partial charge in [0, 0.05) is 25.7 Å². The van der Waals surface area contributed by atoms with Gasteiger partial charge in [-0.3, -0.25) is 4.79 Å². The Labute approximate surface area is 99.9 Å². The highest BCUT2D eigenvalue weighted by molar-refractivity contribution is 5.76. The number of rotatable bonds is 10. The Balaban J connectivity index is 3.11. The fourth-order valence-corrected chi connectivity index (χ4v) is 1.48. The molecule has 0 radical (unpaired) electrons. The van der Waals surface area contributed by atoms with Crippen LogP contribution in [0.1, 0.15) is 59.3 Å². The van der Waals surface area contributed by atoms with Crippen LogP contribution in [0, 0.1) is 0 Å². The lowest BCUT2D eigenvalue weighted by atomic mass is 10.1. The molecule has 0 fully saturated rings. The van der Waals surface area contributed by atoms with E-state index in [0.717, 1.165) is 38.9 Å². The van der Waals surface area contributed by atoms with Gasteiger partial charge in [0.1, 0.15) is 0 Å². The molecule has 1 N–H and O–H groups in total. The molecule has 0 aromatic heterocycles. The van der Waals surface area contributed by atoms with Crippen LogP contribution >= 0.6 is 0 Å². The van der Waals surface area contributed by atoms with E-state index in [1.807, 2.05) is 13.8 Å². The van der Waals surface area contributed by atoms with Gasteiger partial charge >= 0.3 is 0 Å². The molecule has 0 aliphatic heterocycles. The molecule has 0 heterocycles. The molecule has 0 saturated heterocycles. The van der Waals surface area contributed by atoms with E-state index in [4.69, 9.17) is 4.74 Å². The minimum absolute atomic E-state index is 0.178. The monoisotopic (exact) mass is 229 g/mol. The smallest absolute Gasteiger partial charge is 0.220 e. The van der Waals surface area contributed by atoms with Crippen molar-refractivity contribution in [3.8, 4) is 0 Å². The third-order valence-electron chi connectivity index (χ3n) is 2.24. The van der Waals surface area contributed by atoms with E-state index in [2.05, 4.69) is 12.2 Å². The maximum absolute atomic E-state index is 11.3. The van der Waals surface area contributed by atoms with Crippen LogP contribution in [0.4, 0.5) is 0 Å². The molecular weight excluding hydrogens is 202 g/mol. The van der Waals surface area contributed by atoms with E-state index < -0.39 is 0 Å². The minimum Gasteiger partial charge on any atom is -0.381 e. The number of carbonyl (C=O) groups is 1. The second-order valence-electron chi connectivity index (χ2n) is 4.50. The van der Waals surface area contributed by atoms with Crippen LogP contribution in [-0.4, -0.2) is 25.2 Å². The van der Waals surface area contributed by atoms with Crippen LogP contribution in [0.3, 0.4) is 0 Å². The first-order valence-electron chi connectivity index (χ1n) is 6.54. The summed E-state index contributed by atoms with van der Waals surface area (Å²) in [5.74, 6) is 0.178. The first-order chi connectivity index (χ1) is 7.66. The van der Waals surface area contributed by atoms with Crippen molar-refractivity contribution in [1.29, 1.82) is 0 Å². The highest BCUT2D eigenvalue weighted by atomic mass is 16.5. The molecule has 0 aromatic carbocycles. The highest BCUT2D eigenvalue weighted by Gasteiger charge is 2.01. The third kappa shape index (κ3) is 11.5. The predicted octanol–water partition coefficient (Wildman–Crippen LogP) is 2.89. The maximum Gasteiger partial charge on any atom is 0.220 e. The SMILES string of the molecule is CCCOCCCCCCC(=O)NC(C)C. The summed E-state index contributed by atoms with van der Waals surface area (Å²) in [4.78, 5) is 11.3. The second-order valence-corrected chi connectivity index (χ2v) is 4.50. The lowest BCUT2D eigenvalue weighted by molar-refractivity contribution is -0.121. The Hall–Kier alpha value is -0.570. The quantitative estimate of drug-likeness (QED) is 0.585. The summed E-state index contributed by atoms with van der Waals surface area (Å²) in [6, 6.07) is 0.259. The number of ether oxygens (including phenoxy) is 1. The zero-order chi connectivity index (χ0) is 12.2. The fraction of sp³-hybridized carbons (Fsp3) is 0.923.